The number of carbonyl (C=O) groups excluding carboxylic acids is 1. The Morgan fingerprint density at radius 3 is 2.16 bits per heavy atom. The topological polar surface area (TPSA) is 94.2 Å². The first-order valence-electron chi connectivity index (χ1n) is 9.56. The maximum absolute atomic E-state index is 13.1. The van der Waals surface area contributed by atoms with Crippen LogP contribution in [-0.4, -0.2) is 42.7 Å². The fraction of sp³-hybridized carbons (Fsp3) is 0.174. The average Bonchev–Trinajstić information content (AvgIpc) is 2.83. The zero-order valence-electron chi connectivity index (χ0n) is 18.2. The van der Waals surface area contributed by atoms with Crippen LogP contribution in [0.1, 0.15) is 10.4 Å². The highest BCUT2D eigenvalue weighted by molar-refractivity contribution is 7.92. The summed E-state index contributed by atoms with van der Waals surface area (Å²) in [5.74, 6) is 1.04. The van der Waals surface area contributed by atoms with Crippen LogP contribution in [0.25, 0.3) is 0 Å². The standard InChI is InChI=1S/C23H24N2O6S/c1-25(32(27,28)20-12-13-21(30-3)22(15-20)31-4)18-10-8-16(9-11-18)23(26)24-17-6-5-7-19(14-17)29-2/h5-15H,1-4H3,(H,24,26). The van der Waals surface area contributed by atoms with Crippen molar-refractivity contribution in [2.24, 2.45) is 0 Å². The minimum atomic E-state index is -3.86. The van der Waals surface area contributed by atoms with Crippen molar-refractivity contribution in [2.45, 2.75) is 4.90 Å². The molecule has 0 saturated carbocycles. The summed E-state index contributed by atoms with van der Waals surface area (Å²) in [4.78, 5) is 12.6. The Balaban J connectivity index is 1.79. The number of nitrogens with one attached hydrogen (secondary N) is 1. The monoisotopic (exact) mass is 456 g/mol. The second-order valence-corrected chi connectivity index (χ2v) is 8.69. The molecule has 0 saturated heterocycles. The Bertz CT molecular complexity index is 1210. The minimum absolute atomic E-state index is 0.0532. The molecule has 3 rings (SSSR count). The quantitative estimate of drug-likeness (QED) is 0.554. The van der Waals surface area contributed by atoms with Crippen molar-refractivity contribution in [2.75, 3.05) is 38.0 Å². The van der Waals surface area contributed by atoms with Crippen LogP contribution in [0.5, 0.6) is 17.2 Å². The van der Waals surface area contributed by atoms with Crippen molar-refractivity contribution < 1.29 is 27.4 Å². The molecule has 0 heterocycles. The van der Waals surface area contributed by atoms with Gasteiger partial charge in [-0.25, -0.2) is 8.42 Å². The number of methoxy groups -OCH3 is 3. The molecule has 9 heteroatoms. The van der Waals surface area contributed by atoms with E-state index in [0.717, 1.165) is 4.31 Å². The number of anilines is 2. The third-order valence-electron chi connectivity index (χ3n) is 4.83. The van der Waals surface area contributed by atoms with Crippen molar-refractivity contribution in [3.05, 3.63) is 72.3 Å². The van der Waals surface area contributed by atoms with E-state index in [4.69, 9.17) is 14.2 Å². The Hall–Kier alpha value is -3.72. The molecule has 1 N–H and O–H groups in total. The maximum atomic E-state index is 13.1. The van der Waals surface area contributed by atoms with E-state index in [1.54, 1.807) is 55.6 Å². The van der Waals surface area contributed by atoms with Crippen LogP contribution < -0.4 is 23.8 Å². The van der Waals surface area contributed by atoms with Crippen LogP contribution in [0.2, 0.25) is 0 Å². The van der Waals surface area contributed by atoms with E-state index >= 15 is 0 Å². The van der Waals surface area contributed by atoms with Gasteiger partial charge in [0.15, 0.2) is 11.5 Å². The molecule has 0 radical (unpaired) electrons. The molecule has 0 unspecified atom stereocenters. The van der Waals surface area contributed by atoms with Gasteiger partial charge in [-0.05, 0) is 48.5 Å². The Labute approximate surface area is 187 Å². The molecule has 0 aliphatic carbocycles. The highest BCUT2D eigenvalue weighted by Gasteiger charge is 2.23. The number of hydrogen-bond acceptors (Lipinski definition) is 6. The van der Waals surface area contributed by atoms with Crippen LogP contribution in [0.4, 0.5) is 11.4 Å². The summed E-state index contributed by atoms with van der Waals surface area (Å²) in [6, 6.07) is 17.6. The molecule has 0 aliphatic heterocycles. The second-order valence-electron chi connectivity index (χ2n) is 6.72. The molecular formula is C23H24N2O6S. The molecule has 0 aliphatic rings. The molecule has 3 aromatic carbocycles. The smallest absolute Gasteiger partial charge is 0.264 e. The lowest BCUT2D eigenvalue weighted by Crippen LogP contribution is -2.26. The first-order valence-corrected chi connectivity index (χ1v) is 11.0. The van der Waals surface area contributed by atoms with Gasteiger partial charge < -0.3 is 19.5 Å². The van der Waals surface area contributed by atoms with Gasteiger partial charge >= 0.3 is 0 Å². The molecular weight excluding hydrogens is 432 g/mol. The second kappa shape index (κ2) is 9.61. The van der Waals surface area contributed by atoms with E-state index in [9.17, 15) is 13.2 Å². The summed E-state index contributed by atoms with van der Waals surface area (Å²) in [5.41, 5.74) is 1.37. The third-order valence-corrected chi connectivity index (χ3v) is 6.62. The number of amides is 1. The lowest BCUT2D eigenvalue weighted by molar-refractivity contribution is 0.102. The molecule has 32 heavy (non-hydrogen) atoms. The third kappa shape index (κ3) is 4.78. The van der Waals surface area contributed by atoms with E-state index in [1.165, 1.54) is 39.5 Å². The summed E-state index contributed by atoms with van der Waals surface area (Å²) in [5, 5.41) is 2.78. The fourth-order valence-electron chi connectivity index (χ4n) is 3.00. The Kier molecular flexibility index (Phi) is 6.89. The van der Waals surface area contributed by atoms with Gasteiger partial charge in [0.2, 0.25) is 0 Å². The van der Waals surface area contributed by atoms with Gasteiger partial charge in [0.05, 0.1) is 31.9 Å². The van der Waals surface area contributed by atoms with Crippen LogP contribution in [0, 0.1) is 0 Å². The number of ether oxygens (including phenoxy) is 3. The molecule has 0 fully saturated rings. The molecule has 8 nitrogen and oxygen atoms in total. The predicted octanol–water partition coefficient (Wildman–Crippen LogP) is 3.79. The van der Waals surface area contributed by atoms with Gasteiger partial charge in [0.25, 0.3) is 15.9 Å². The van der Waals surface area contributed by atoms with Crippen LogP contribution in [0.15, 0.2) is 71.6 Å². The van der Waals surface area contributed by atoms with Crippen molar-refractivity contribution in [3.63, 3.8) is 0 Å². The van der Waals surface area contributed by atoms with Gasteiger partial charge in [0, 0.05) is 30.4 Å². The number of hydrogen-bond donors (Lipinski definition) is 1. The summed E-state index contributed by atoms with van der Waals surface area (Å²) >= 11 is 0. The number of carbonyl (C=O) groups is 1. The number of sulfonamides is 1. The summed E-state index contributed by atoms with van der Waals surface area (Å²) in [6.45, 7) is 0. The Morgan fingerprint density at radius 1 is 0.844 bits per heavy atom. The highest BCUT2D eigenvalue weighted by Crippen LogP contribution is 2.31. The van der Waals surface area contributed by atoms with E-state index in [0.29, 0.717) is 34.2 Å². The van der Waals surface area contributed by atoms with Crippen molar-refractivity contribution >= 4 is 27.3 Å². The summed E-state index contributed by atoms with van der Waals surface area (Å²) < 4.78 is 42.8. The van der Waals surface area contributed by atoms with Crippen molar-refractivity contribution in [1.82, 2.24) is 0 Å². The SMILES string of the molecule is COc1cccc(NC(=O)c2ccc(N(C)S(=O)(=O)c3ccc(OC)c(OC)c3)cc2)c1. The maximum Gasteiger partial charge on any atom is 0.264 e. The molecule has 0 atom stereocenters. The molecule has 3 aromatic rings. The van der Waals surface area contributed by atoms with Crippen LogP contribution in [-0.2, 0) is 10.0 Å². The number of benzene rings is 3. The van der Waals surface area contributed by atoms with Crippen molar-refractivity contribution in [1.29, 1.82) is 0 Å². The molecule has 168 valence electrons. The van der Waals surface area contributed by atoms with E-state index in [2.05, 4.69) is 5.32 Å². The predicted molar refractivity (Wildman–Crippen MR) is 123 cm³/mol. The molecule has 0 aromatic heterocycles. The molecule has 1 amide bonds. The van der Waals surface area contributed by atoms with Gasteiger partial charge in [-0.3, -0.25) is 9.10 Å². The van der Waals surface area contributed by atoms with Crippen molar-refractivity contribution in [3.8, 4) is 17.2 Å². The number of nitrogens with zero attached hydrogens (tertiary/aromatic N) is 1. The fourth-order valence-corrected chi connectivity index (χ4v) is 4.21. The van der Waals surface area contributed by atoms with Crippen LogP contribution in [0.3, 0.4) is 0 Å². The first kappa shape index (κ1) is 23.0. The Morgan fingerprint density at radius 2 is 1.53 bits per heavy atom. The van der Waals surface area contributed by atoms with Crippen LogP contribution >= 0.6 is 0 Å². The average molecular weight is 457 g/mol. The van der Waals surface area contributed by atoms with Gasteiger partial charge in [-0.2, -0.15) is 0 Å². The van der Waals surface area contributed by atoms with Gasteiger partial charge in [-0.15, -0.1) is 0 Å². The first-order chi connectivity index (χ1) is 15.3. The zero-order valence-corrected chi connectivity index (χ0v) is 19.0. The summed E-state index contributed by atoms with van der Waals surface area (Å²) in [6.07, 6.45) is 0. The molecule has 0 bridgehead atoms. The van der Waals surface area contributed by atoms with E-state index in [1.807, 2.05) is 0 Å². The van der Waals surface area contributed by atoms with Gasteiger partial charge in [0.1, 0.15) is 5.75 Å². The minimum Gasteiger partial charge on any atom is -0.497 e. The number of rotatable bonds is 8. The normalized spacial score (nSPS) is 10.9. The van der Waals surface area contributed by atoms with E-state index in [-0.39, 0.29) is 10.8 Å². The van der Waals surface area contributed by atoms with Gasteiger partial charge in [-0.1, -0.05) is 6.07 Å². The zero-order chi connectivity index (χ0) is 23.3. The summed E-state index contributed by atoms with van der Waals surface area (Å²) in [7, 11) is 2.05. The molecule has 0 spiro atoms. The lowest BCUT2D eigenvalue weighted by atomic mass is 10.2. The lowest BCUT2D eigenvalue weighted by Gasteiger charge is -2.20. The highest BCUT2D eigenvalue weighted by atomic mass is 32.2. The van der Waals surface area contributed by atoms with E-state index < -0.39 is 10.0 Å². The largest absolute Gasteiger partial charge is 0.497 e.